The number of aryl methyl sites for hydroxylation is 2. The normalized spacial score (nSPS) is 12.4. The Bertz CT molecular complexity index is 531. The van der Waals surface area contributed by atoms with Crippen LogP contribution in [0, 0.1) is 6.92 Å². The molecule has 0 fully saturated rings. The Balaban J connectivity index is 2.28. The van der Waals surface area contributed by atoms with E-state index in [1.807, 2.05) is 0 Å². The second-order valence-electron chi connectivity index (χ2n) is 4.58. The maximum Gasteiger partial charge on any atom is 0.0552 e. The van der Waals surface area contributed by atoms with Gasteiger partial charge in [0, 0.05) is 4.47 Å². The highest BCUT2D eigenvalue weighted by Crippen LogP contribution is 2.25. The number of hydrogen-bond acceptors (Lipinski definition) is 1. The summed E-state index contributed by atoms with van der Waals surface area (Å²) in [6.45, 7) is 4.24. The van der Waals surface area contributed by atoms with Gasteiger partial charge in [-0.15, -0.1) is 0 Å². The van der Waals surface area contributed by atoms with Crippen LogP contribution in [-0.2, 0) is 6.42 Å². The lowest BCUT2D eigenvalue weighted by molar-refractivity contribution is 0.868. The van der Waals surface area contributed by atoms with Crippen LogP contribution in [0.5, 0.6) is 0 Å². The first-order valence-electron chi connectivity index (χ1n) is 6.22. The molecule has 1 atom stereocenters. The number of hydrogen-bond donors (Lipinski definition) is 1. The van der Waals surface area contributed by atoms with Gasteiger partial charge in [0.2, 0.25) is 0 Å². The van der Waals surface area contributed by atoms with Crippen LogP contribution in [0.4, 0.5) is 0 Å². The fourth-order valence-electron chi connectivity index (χ4n) is 1.96. The Morgan fingerprint density at radius 3 is 2.22 bits per heavy atom. The van der Waals surface area contributed by atoms with Crippen LogP contribution in [0.2, 0.25) is 0 Å². The van der Waals surface area contributed by atoms with Gasteiger partial charge in [-0.3, -0.25) is 0 Å². The molecule has 0 aliphatic carbocycles. The molecule has 0 bridgehead atoms. The van der Waals surface area contributed by atoms with Gasteiger partial charge in [-0.05, 0) is 41.7 Å². The number of rotatable bonds is 3. The van der Waals surface area contributed by atoms with Gasteiger partial charge < -0.3 is 5.73 Å². The molecule has 0 aliphatic heterocycles. The highest BCUT2D eigenvalue weighted by molar-refractivity contribution is 9.10. The minimum absolute atomic E-state index is 0.0622. The molecule has 94 valence electrons. The maximum absolute atomic E-state index is 6.31. The Kier molecular flexibility index (Phi) is 4.20. The summed E-state index contributed by atoms with van der Waals surface area (Å²) in [5, 5.41) is 0. The molecule has 0 heterocycles. The topological polar surface area (TPSA) is 26.0 Å². The van der Waals surface area contributed by atoms with Gasteiger partial charge in [0.05, 0.1) is 6.04 Å². The molecule has 2 N–H and O–H groups in total. The van der Waals surface area contributed by atoms with Crippen molar-refractivity contribution in [1.29, 1.82) is 0 Å². The quantitative estimate of drug-likeness (QED) is 0.895. The van der Waals surface area contributed by atoms with Crippen LogP contribution < -0.4 is 5.73 Å². The van der Waals surface area contributed by atoms with E-state index in [0.717, 1.165) is 22.0 Å². The molecule has 0 saturated carbocycles. The molecule has 2 heteroatoms. The van der Waals surface area contributed by atoms with Gasteiger partial charge >= 0.3 is 0 Å². The zero-order valence-corrected chi connectivity index (χ0v) is 12.4. The summed E-state index contributed by atoms with van der Waals surface area (Å²) >= 11 is 3.55. The predicted molar refractivity (Wildman–Crippen MR) is 80.7 cm³/mol. The molecule has 2 rings (SSSR count). The van der Waals surface area contributed by atoms with Crippen LogP contribution in [0.1, 0.15) is 35.2 Å². The second kappa shape index (κ2) is 5.68. The lowest BCUT2D eigenvalue weighted by Crippen LogP contribution is -2.11. The summed E-state index contributed by atoms with van der Waals surface area (Å²) in [4.78, 5) is 0. The Morgan fingerprint density at radius 1 is 1.06 bits per heavy atom. The van der Waals surface area contributed by atoms with E-state index in [1.165, 1.54) is 11.1 Å². The van der Waals surface area contributed by atoms with Crippen molar-refractivity contribution in [1.82, 2.24) is 0 Å². The third-order valence-corrected chi connectivity index (χ3v) is 4.16. The fourth-order valence-corrected chi connectivity index (χ4v) is 2.35. The largest absolute Gasteiger partial charge is 0.320 e. The number of halogens is 1. The van der Waals surface area contributed by atoms with Crippen molar-refractivity contribution in [3.05, 3.63) is 69.2 Å². The second-order valence-corrected chi connectivity index (χ2v) is 5.44. The summed E-state index contributed by atoms with van der Waals surface area (Å²) < 4.78 is 1.11. The molecular weight excluding hydrogens is 286 g/mol. The van der Waals surface area contributed by atoms with E-state index in [4.69, 9.17) is 5.73 Å². The Hall–Kier alpha value is -1.12. The lowest BCUT2D eigenvalue weighted by Gasteiger charge is -2.14. The van der Waals surface area contributed by atoms with Crippen molar-refractivity contribution in [2.24, 2.45) is 5.73 Å². The minimum Gasteiger partial charge on any atom is -0.320 e. The predicted octanol–water partition coefficient (Wildman–Crippen LogP) is 4.37. The molecule has 1 nitrogen and oxygen atoms in total. The van der Waals surface area contributed by atoms with Gasteiger partial charge in [-0.25, -0.2) is 0 Å². The van der Waals surface area contributed by atoms with Gasteiger partial charge in [0.15, 0.2) is 0 Å². The SMILES string of the molecule is CCc1ccc(C(N)c2ccc(C)c(Br)c2)cc1. The van der Waals surface area contributed by atoms with Gasteiger partial charge in [-0.1, -0.05) is 59.3 Å². The van der Waals surface area contributed by atoms with Crippen molar-refractivity contribution in [3.63, 3.8) is 0 Å². The average molecular weight is 304 g/mol. The van der Waals surface area contributed by atoms with Crippen LogP contribution in [0.3, 0.4) is 0 Å². The third kappa shape index (κ3) is 2.82. The van der Waals surface area contributed by atoms with Crippen LogP contribution >= 0.6 is 15.9 Å². The van der Waals surface area contributed by atoms with Crippen LogP contribution in [0.15, 0.2) is 46.9 Å². The molecule has 1 unspecified atom stereocenters. The van der Waals surface area contributed by atoms with E-state index in [-0.39, 0.29) is 6.04 Å². The van der Waals surface area contributed by atoms with Crippen molar-refractivity contribution in [2.45, 2.75) is 26.3 Å². The number of nitrogens with two attached hydrogens (primary N) is 1. The van der Waals surface area contributed by atoms with Crippen LogP contribution in [-0.4, -0.2) is 0 Å². The first-order valence-corrected chi connectivity index (χ1v) is 7.01. The average Bonchev–Trinajstić information content (AvgIpc) is 2.41. The molecule has 0 radical (unpaired) electrons. The lowest BCUT2D eigenvalue weighted by atomic mass is 9.97. The van der Waals surface area contributed by atoms with Gasteiger partial charge in [-0.2, -0.15) is 0 Å². The molecular formula is C16H18BrN. The standard InChI is InChI=1S/C16H18BrN/c1-3-12-5-8-13(9-6-12)16(18)14-7-4-11(2)15(17)10-14/h4-10,16H,3,18H2,1-2H3. The fraction of sp³-hybridized carbons (Fsp3) is 0.250. The Labute approximate surface area is 117 Å². The highest BCUT2D eigenvalue weighted by Gasteiger charge is 2.09. The molecule has 0 saturated heterocycles. The van der Waals surface area contributed by atoms with Gasteiger partial charge in [0.1, 0.15) is 0 Å². The first-order chi connectivity index (χ1) is 8.61. The summed E-state index contributed by atoms with van der Waals surface area (Å²) in [5.74, 6) is 0. The Morgan fingerprint density at radius 2 is 1.67 bits per heavy atom. The smallest absolute Gasteiger partial charge is 0.0552 e. The van der Waals surface area contributed by atoms with E-state index in [2.05, 4.69) is 72.2 Å². The summed E-state index contributed by atoms with van der Waals surface area (Å²) in [7, 11) is 0. The zero-order valence-electron chi connectivity index (χ0n) is 10.8. The van der Waals surface area contributed by atoms with E-state index in [0.29, 0.717) is 0 Å². The molecule has 18 heavy (non-hydrogen) atoms. The van der Waals surface area contributed by atoms with E-state index >= 15 is 0 Å². The zero-order chi connectivity index (χ0) is 13.1. The summed E-state index contributed by atoms with van der Waals surface area (Å²) in [6.07, 6.45) is 1.06. The molecule has 0 aliphatic rings. The monoisotopic (exact) mass is 303 g/mol. The van der Waals surface area contributed by atoms with Crippen LogP contribution in [0.25, 0.3) is 0 Å². The van der Waals surface area contributed by atoms with E-state index in [9.17, 15) is 0 Å². The van der Waals surface area contributed by atoms with Crippen molar-refractivity contribution >= 4 is 15.9 Å². The van der Waals surface area contributed by atoms with E-state index < -0.39 is 0 Å². The van der Waals surface area contributed by atoms with Gasteiger partial charge in [0.25, 0.3) is 0 Å². The molecule has 0 spiro atoms. The summed E-state index contributed by atoms with van der Waals surface area (Å²) in [5.41, 5.74) is 11.2. The molecule has 0 amide bonds. The van der Waals surface area contributed by atoms with E-state index in [1.54, 1.807) is 0 Å². The molecule has 2 aromatic carbocycles. The summed E-state index contributed by atoms with van der Waals surface area (Å²) in [6, 6.07) is 14.8. The first kappa shape index (κ1) is 13.3. The number of benzene rings is 2. The molecule has 0 aromatic heterocycles. The van der Waals surface area contributed by atoms with Crippen molar-refractivity contribution in [2.75, 3.05) is 0 Å². The van der Waals surface area contributed by atoms with Crippen molar-refractivity contribution < 1.29 is 0 Å². The maximum atomic E-state index is 6.31. The van der Waals surface area contributed by atoms with Crippen molar-refractivity contribution in [3.8, 4) is 0 Å². The third-order valence-electron chi connectivity index (χ3n) is 3.30. The highest BCUT2D eigenvalue weighted by atomic mass is 79.9. The molecule has 2 aromatic rings. The minimum atomic E-state index is -0.0622.